The summed E-state index contributed by atoms with van der Waals surface area (Å²) in [5, 5.41) is 21.1. The number of benzene rings is 1. The first-order chi connectivity index (χ1) is 7.31. The van der Waals surface area contributed by atoms with Gasteiger partial charge in [-0.25, -0.2) is 0 Å². The van der Waals surface area contributed by atoms with Gasteiger partial charge in [0.05, 0.1) is 6.61 Å². The van der Waals surface area contributed by atoms with Crippen LogP contribution >= 0.6 is 0 Å². The first kappa shape index (κ1) is 10.0. The monoisotopic (exact) mass is 207 g/mol. The van der Waals surface area contributed by atoms with Crippen molar-refractivity contribution in [3.63, 3.8) is 0 Å². The first-order valence-electron chi connectivity index (χ1n) is 4.81. The van der Waals surface area contributed by atoms with Crippen molar-refractivity contribution in [2.24, 2.45) is 0 Å². The van der Waals surface area contributed by atoms with E-state index in [0.717, 1.165) is 11.3 Å². The summed E-state index contributed by atoms with van der Waals surface area (Å²) in [6.45, 7) is 0.190. The normalized spacial score (nSPS) is 18.8. The molecule has 0 bridgehead atoms. The van der Waals surface area contributed by atoms with Crippen molar-refractivity contribution in [2.45, 2.75) is 6.23 Å². The van der Waals surface area contributed by atoms with Crippen LogP contribution in [0, 0.1) is 0 Å². The summed E-state index contributed by atoms with van der Waals surface area (Å²) in [5.74, 6) is 0.603. The minimum atomic E-state index is -0.742. The predicted octanol–water partition coefficient (Wildman–Crippen LogP) is 0.780. The Hall–Kier alpha value is -1.52. The highest BCUT2D eigenvalue weighted by atomic mass is 16.5. The summed E-state index contributed by atoms with van der Waals surface area (Å²) in [7, 11) is 0. The number of fused-ring (bicyclic) bond motifs is 1. The van der Waals surface area contributed by atoms with Gasteiger partial charge in [-0.2, -0.15) is 0 Å². The van der Waals surface area contributed by atoms with Crippen molar-refractivity contribution < 1.29 is 14.9 Å². The van der Waals surface area contributed by atoms with Gasteiger partial charge in [0.25, 0.3) is 0 Å². The molecule has 0 saturated heterocycles. The van der Waals surface area contributed by atoms with Crippen LogP contribution in [-0.2, 0) is 4.74 Å². The lowest BCUT2D eigenvalue weighted by Gasteiger charge is -2.22. The van der Waals surface area contributed by atoms with Gasteiger partial charge in [0, 0.05) is 17.3 Å². The molecule has 1 atom stereocenters. The smallest absolute Gasteiger partial charge is 0.147 e. The van der Waals surface area contributed by atoms with Crippen LogP contribution < -0.4 is 5.32 Å². The summed E-state index contributed by atoms with van der Waals surface area (Å²) in [4.78, 5) is 0. The molecule has 1 aromatic rings. The van der Waals surface area contributed by atoms with E-state index in [4.69, 9.17) is 9.84 Å². The Kier molecular flexibility index (Phi) is 2.89. The Morgan fingerprint density at radius 2 is 2.13 bits per heavy atom. The van der Waals surface area contributed by atoms with Gasteiger partial charge in [-0.3, -0.25) is 0 Å². The molecule has 0 spiro atoms. The molecule has 0 aliphatic carbocycles. The third-order valence-electron chi connectivity index (χ3n) is 2.15. The molecular formula is C11H13NO3. The number of anilines is 1. The summed E-state index contributed by atoms with van der Waals surface area (Å²) >= 11 is 0. The molecule has 80 valence electrons. The second kappa shape index (κ2) is 4.33. The number of ether oxygens (including phenoxy) is 1. The van der Waals surface area contributed by atoms with E-state index in [1.54, 1.807) is 6.08 Å². The third kappa shape index (κ3) is 2.11. The fourth-order valence-electron chi connectivity index (χ4n) is 1.54. The Labute approximate surface area is 87.8 Å². The minimum absolute atomic E-state index is 0.0387. The summed E-state index contributed by atoms with van der Waals surface area (Å²) in [5.41, 5.74) is 1.73. The molecule has 2 rings (SSSR count). The molecule has 1 unspecified atom stereocenters. The van der Waals surface area contributed by atoms with Crippen molar-refractivity contribution in [1.29, 1.82) is 0 Å². The Bertz CT molecular complexity index is 376. The molecule has 0 amide bonds. The molecule has 15 heavy (non-hydrogen) atoms. The van der Waals surface area contributed by atoms with E-state index in [1.165, 1.54) is 0 Å². The number of hydrogen-bond donors (Lipinski definition) is 3. The van der Waals surface area contributed by atoms with Crippen LogP contribution in [0.4, 0.5) is 5.69 Å². The highest BCUT2D eigenvalue weighted by Crippen LogP contribution is 2.29. The van der Waals surface area contributed by atoms with Crippen LogP contribution in [0.25, 0.3) is 5.76 Å². The number of aliphatic hydroxyl groups excluding tert-OH is 2. The number of aliphatic hydroxyl groups is 2. The van der Waals surface area contributed by atoms with Gasteiger partial charge in [0.1, 0.15) is 18.6 Å². The lowest BCUT2D eigenvalue weighted by atomic mass is 10.1. The maximum absolute atomic E-state index is 9.50. The van der Waals surface area contributed by atoms with Crippen molar-refractivity contribution in [2.75, 3.05) is 18.5 Å². The largest absolute Gasteiger partial charge is 0.491 e. The van der Waals surface area contributed by atoms with Gasteiger partial charge >= 0.3 is 0 Å². The zero-order chi connectivity index (χ0) is 10.7. The van der Waals surface area contributed by atoms with Crippen molar-refractivity contribution in [3.05, 3.63) is 35.9 Å². The van der Waals surface area contributed by atoms with E-state index in [9.17, 15) is 5.11 Å². The van der Waals surface area contributed by atoms with E-state index >= 15 is 0 Å². The summed E-state index contributed by atoms with van der Waals surface area (Å²) < 4.78 is 5.34. The van der Waals surface area contributed by atoms with Crippen molar-refractivity contribution in [3.8, 4) is 0 Å². The first-order valence-corrected chi connectivity index (χ1v) is 4.81. The zero-order valence-electron chi connectivity index (χ0n) is 8.18. The van der Waals surface area contributed by atoms with Gasteiger partial charge in [0.15, 0.2) is 0 Å². The van der Waals surface area contributed by atoms with E-state index in [0.29, 0.717) is 5.76 Å². The molecule has 1 aliphatic rings. The summed E-state index contributed by atoms with van der Waals surface area (Å²) in [6, 6.07) is 7.55. The van der Waals surface area contributed by atoms with Crippen LogP contribution in [0.15, 0.2) is 30.3 Å². The lowest BCUT2D eigenvalue weighted by Crippen LogP contribution is -2.21. The number of nitrogens with one attached hydrogen (secondary N) is 1. The molecule has 4 heteroatoms. The molecule has 0 saturated carbocycles. The van der Waals surface area contributed by atoms with Crippen LogP contribution in [0.1, 0.15) is 5.56 Å². The molecule has 4 nitrogen and oxygen atoms in total. The van der Waals surface area contributed by atoms with Gasteiger partial charge < -0.3 is 20.3 Å². The Morgan fingerprint density at radius 3 is 2.93 bits per heavy atom. The molecule has 1 aliphatic heterocycles. The fraction of sp³-hybridized carbons (Fsp3) is 0.273. The van der Waals surface area contributed by atoms with E-state index in [1.807, 2.05) is 24.3 Å². The number of rotatable bonds is 3. The maximum atomic E-state index is 9.50. The summed E-state index contributed by atoms with van der Waals surface area (Å²) in [6.07, 6.45) is 0.839. The molecule has 0 radical (unpaired) electrons. The van der Waals surface area contributed by atoms with Crippen LogP contribution in [0.2, 0.25) is 0 Å². The van der Waals surface area contributed by atoms with Crippen molar-refractivity contribution >= 4 is 11.4 Å². The highest BCUT2D eigenvalue weighted by molar-refractivity contribution is 5.76. The average Bonchev–Trinajstić information content (AvgIpc) is 2.25. The van der Waals surface area contributed by atoms with E-state index in [2.05, 4.69) is 5.32 Å². The fourth-order valence-corrected chi connectivity index (χ4v) is 1.54. The number of para-hydroxylation sites is 1. The lowest BCUT2D eigenvalue weighted by molar-refractivity contribution is 0.176. The van der Waals surface area contributed by atoms with Crippen molar-refractivity contribution in [1.82, 2.24) is 0 Å². The van der Waals surface area contributed by atoms with Crippen LogP contribution in [-0.4, -0.2) is 29.7 Å². The Morgan fingerprint density at radius 1 is 1.33 bits per heavy atom. The highest BCUT2D eigenvalue weighted by Gasteiger charge is 2.17. The average molecular weight is 207 g/mol. The molecule has 0 fully saturated rings. The quantitative estimate of drug-likeness (QED) is 0.685. The van der Waals surface area contributed by atoms with Gasteiger partial charge in [-0.1, -0.05) is 12.1 Å². The number of hydrogen-bond acceptors (Lipinski definition) is 4. The second-order valence-corrected chi connectivity index (χ2v) is 3.24. The van der Waals surface area contributed by atoms with E-state index in [-0.39, 0.29) is 13.2 Å². The molecule has 1 heterocycles. The van der Waals surface area contributed by atoms with Crippen LogP contribution in [0.3, 0.4) is 0 Å². The van der Waals surface area contributed by atoms with Gasteiger partial charge in [-0.15, -0.1) is 0 Å². The van der Waals surface area contributed by atoms with Gasteiger partial charge in [0.2, 0.25) is 0 Å². The predicted molar refractivity (Wildman–Crippen MR) is 57.1 cm³/mol. The van der Waals surface area contributed by atoms with Crippen LogP contribution in [0.5, 0.6) is 0 Å². The molecular weight excluding hydrogens is 194 g/mol. The second-order valence-electron chi connectivity index (χ2n) is 3.24. The van der Waals surface area contributed by atoms with Gasteiger partial charge in [-0.05, 0) is 12.1 Å². The topological polar surface area (TPSA) is 61.7 Å². The third-order valence-corrected chi connectivity index (χ3v) is 2.15. The SMILES string of the molecule is OCCOC1=CC(O)Nc2ccccc21. The standard InChI is InChI=1S/C11H13NO3/c13-5-6-15-10-7-11(14)12-9-4-2-1-3-8(9)10/h1-4,7,11-14H,5-6H2. The molecule has 0 aromatic heterocycles. The zero-order valence-corrected chi connectivity index (χ0v) is 8.18. The molecule has 1 aromatic carbocycles. The minimum Gasteiger partial charge on any atom is -0.491 e. The Balaban J connectivity index is 2.27. The maximum Gasteiger partial charge on any atom is 0.147 e. The molecule has 3 N–H and O–H groups in total. The van der Waals surface area contributed by atoms with E-state index < -0.39 is 6.23 Å².